The number of nitrogens with zero attached hydrogens (tertiary/aromatic N) is 2. The molecular formula is C21H19N3O2S. The first-order valence-corrected chi connectivity index (χ1v) is 9.44. The number of thiophene rings is 1. The van der Waals surface area contributed by atoms with Crippen LogP contribution >= 0.6 is 11.3 Å². The van der Waals surface area contributed by atoms with Crippen molar-refractivity contribution in [1.82, 2.24) is 14.9 Å². The molecule has 5 nitrogen and oxygen atoms in total. The number of aryl methyl sites for hydroxylation is 1. The van der Waals surface area contributed by atoms with Crippen molar-refractivity contribution in [3.05, 3.63) is 76.9 Å². The van der Waals surface area contributed by atoms with E-state index in [0.29, 0.717) is 17.2 Å². The van der Waals surface area contributed by atoms with Gasteiger partial charge in [0.1, 0.15) is 28.6 Å². The van der Waals surface area contributed by atoms with Gasteiger partial charge < -0.3 is 10.1 Å². The predicted molar refractivity (Wildman–Crippen MR) is 108 cm³/mol. The number of ether oxygens (including phenoxy) is 1. The average molecular weight is 377 g/mol. The molecule has 0 aliphatic heterocycles. The van der Waals surface area contributed by atoms with E-state index in [0.717, 1.165) is 27.2 Å². The molecule has 2 heterocycles. The number of benzene rings is 2. The molecule has 1 N–H and O–H groups in total. The summed E-state index contributed by atoms with van der Waals surface area (Å²) in [5, 5.41) is 3.58. The first-order valence-electron chi connectivity index (χ1n) is 8.63. The molecule has 1 amide bonds. The molecule has 0 fully saturated rings. The van der Waals surface area contributed by atoms with E-state index < -0.39 is 0 Å². The summed E-state index contributed by atoms with van der Waals surface area (Å²) in [5.74, 6) is 0.422. The van der Waals surface area contributed by atoms with Crippen LogP contribution in [0.5, 0.6) is 5.75 Å². The molecule has 0 spiro atoms. The number of hydrogen-bond acceptors (Lipinski definition) is 4. The first kappa shape index (κ1) is 17.3. The third-order valence-electron chi connectivity index (χ3n) is 4.45. The zero-order valence-corrected chi connectivity index (χ0v) is 15.9. The van der Waals surface area contributed by atoms with Gasteiger partial charge >= 0.3 is 0 Å². The van der Waals surface area contributed by atoms with Crippen molar-refractivity contribution in [2.75, 3.05) is 7.05 Å². The van der Waals surface area contributed by atoms with Gasteiger partial charge in [-0.1, -0.05) is 36.4 Å². The van der Waals surface area contributed by atoms with E-state index in [1.165, 1.54) is 11.3 Å². The van der Waals surface area contributed by atoms with Crippen molar-refractivity contribution >= 4 is 28.3 Å². The zero-order chi connectivity index (χ0) is 18.8. The van der Waals surface area contributed by atoms with Crippen molar-refractivity contribution in [2.45, 2.75) is 13.5 Å². The number of fused-ring (bicyclic) bond motifs is 1. The molecule has 0 aliphatic carbocycles. The van der Waals surface area contributed by atoms with Crippen LogP contribution < -0.4 is 10.1 Å². The van der Waals surface area contributed by atoms with E-state index in [1.807, 2.05) is 53.1 Å². The lowest BCUT2D eigenvalue weighted by Crippen LogP contribution is -2.17. The molecule has 4 rings (SSSR count). The number of rotatable bonds is 5. The van der Waals surface area contributed by atoms with Crippen molar-refractivity contribution in [2.24, 2.45) is 0 Å². The Bertz CT molecular complexity index is 1110. The van der Waals surface area contributed by atoms with Gasteiger partial charge in [-0.15, -0.1) is 11.3 Å². The van der Waals surface area contributed by atoms with Gasteiger partial charge in [0.15, 0.2) is 0 Å². The largest absolute Gasteiger partial charge is 0.487 e. The number of nitrogens with one attached hydrogen (secondary N) is 1. The highest BCUT2D eigenvalue weighted by molar-refractivity contribution is 7.16. The summed E-state index contributed by atoms with van der Waals surface area (Å²) < 4.78 is 8.01. The molecule has 0 saturated heterocycles. The van der Waals surface area contributed by atoms with Gasteiger partial charge in [0.2, 0.25) is 0 Å². The average Bonchev–Trinajstić information content (AvgIpc) is 3.30. The Morgan fingerprint density at radius 2 is 1.96 bits per heavy atom. The molecule has 0 radical (unpaired) electrons. The van der Waals surface area contributed by atoms with Crippen LogP contribution in [0.25, 0.3) is 16.0 Å². The molecule has 0 unspecified atom stereocenters. The van der Waals surface area contributed by atoms with Crippen LogP contribution in [0, 0.1) is 6.92 Å². The van der Waals surface area contributed by atoms with Gasteiger partial charge in [0.25, 0.3) is 5.91 Å². The van der Waals surface area contributed by atoms with Gasteiger partial charge in [0, 0.05) is 13.1 Å². The first-order chi connectivity index (χ1) is 13.2. The number of hydrogen-bond donors (Lipinski definition) is 1. The van der Waals surface area contributed by atoms with Gasteiger partial charge in [-0.2, -0.15) is 0 Å². The highest BCUT2D eigenvalue weighted by atomic mass is 32.1. The highest BCUT2D eigenvalue weighted by Crippen LogP contribution is 2.34. The van der Waals surface area contributed by atoms with Crippen molar-refractivity contribution in [3.63, 3.8) is 0 Å². The fourth-order valence-corrected chi connectivity index (χ4v) is 3.95. The Kier molecular flexibility index (Phi) is 4.64. The van der Waals surface area contributed by atoms with Crippen LogP contribution in [0.4, 0.5) is 0 Å². The second-order valence-corrected chi connectivity index (χ2v) is 7.21. The number of carbonyl (C=O) groups is 1. The molecule has 136 valence electrons. The second kappa shape index (κ2) is 7.25. The van der Waals surface area contributed by atoms with E-state index >= 15 is 0 Å². The quantitative estimate of drug-likeness (QED) is 0.563. The Morgan fingerprint density at radius 3 is 2.78 bits per heavy atom. The molecule has 0 atom stereocenters. The molecule has 4 aromatic rings. The van der Waals surface area contributed by atoms with Crippen LogP contribution in [-0.4, -0.2) is 22.5 Å². The maximum atomic E-state index is 12.4. The van der Waals surface area contributed by atoms with E-state index in [9.17, 15) is 4.79 Å². The molecule has 2 aromatic heterocycles. The smallest absolute Gasteiger partial charge is 0.264 e. The fourth-order valence-electron chi connectivity index (χ4n) is 2.92. The SMILES string of the molecule is CNC(=O)c1sc(-n2cnc3ccccc32)cc1OCc1ccccc1C. The third-order valence-corrected chi connectivity index (χ3v) is 5.57. The number of para-hydroxylation sites is 2. The van der Waals surface area contributed by atoms with E-state index in [4.69, 9.17) is 4.74 Å². The lowest BCUT2D eigenvalue weighted by molar-refractivity contribution is 0.0963. The molecule has 0 saturated carbocycles. The lowest BCUT2D eigenvalue weighted by Gasteiger charge is -2.08. The van der Waals surface area contributed by atoms with Crippen LogP contribution in [0.1, 0.15) is 20.8 Å². The van der Waals surface area contributed by atoms with Crippen molar-refractivity contribution in [1.29, 1.82) is 0 Å². The maximum Gasteiger partial charge on any atom is 0.264 e. The molecule has 0 bridgehead atoms. The molecule has 27 heavy (non-hydrogen) atoms. The Hall–Kier alpha value is -3.12. The summed E-state index contributed by atoms with van der Waals surface area (Å²) in [7, 11) is 1.62. The maximum absolute atomic E-state index is 12.4. The van der Waals surface area contributed by atoms with E-state index in [1.54, 1.807) is 13.4 Å². The van der Waals surface area contributed by atoms with Gasteiger partial charge in [0.05, 0.1) is 11.0 Å². The minimum atomic E-state index is -0.157. The molecular weight excluding hydrogens is 358 g/mol. The third kappa shape index (κ3) is 3.31. The summed E-state index contributed by atoms with van der Waals surface area (Å²) in [6, 6.07) is 17.9. The predicted octanol–water partition coefficient (Wildman–Crippen LogP) is 4.33. The lowest BCUT2D eigenvalue weighted by atomic mass is 10.1. The van der Waals surface area contributed by atoms with Crippen LogP contribution in [0.2, 0.25) is 0 Å². The van der Waals surface area contributed by atoms with Crippen LogP contribution in [-0.2, 0) is 6.61 Å². The topological polar surface area (TPSA) is 56.2 Å². The normalized spacial score (nSPS) is 10.9. The van der Waals surface area contributed by atoms with Crippen LogP contribution in [0.15, 0.2) is 60.9 Å². The molecule has 2 aromatic carbocycles. The number of amides is 1. The van der Waals surface area contributed by atoms with Gasteiger partial charge in [-0.25, -0.2) is 4.98 Å². The minimum Gasteiger partial charge on any atom is -0.487 e. The summed E-state index contributed by atoms with van der Waals surface area (Å²) in [5.41, 5.74) is 4.17. The second-order valence-electron chi connectivity index (χ2n) is 6.18. The highest BCUT2D eigenvalue weighted by Gasteiger charge is 2.19. The number of carbonyl (C=O) groups excluding carboxylic acids is 1. The standard InChI is InChI=1S/C21H19N3O2S/c1-14-7-3-4-8-15(14)12-26-18-11-19(27-20(18)21(25)22-2)24-13-23-16-9-5-6-10-17(16)24/h3-11,13H,12H2,1-2H3,(H,22,25). The van der Waals surface area contributed by atoms with E-state index in [-0.39, 0.29) is 5.91 Å². The van der Waals surface area contributed by atoms with Gasteiger partial charge in [-0.05, 0) is 30.2 Å². The Labute approximate surface area is 161 Å². The minimum absolute atomic E-state index is 0.157. The summed E-state index contributed by atoms with van der Waals surface area (Å²) in [6.07, 6.45) is 1.77. The zero-order valence-electron chi connectivity index (χ0n) is 15.1. The summed E-state index contributed by atoms with van der Waals surface area (Å²) in [4.78, 5) is 17.3. The molecule has 6 heteroatoms. The number of aromatic nitrogens is 2. The van der Waals surface area contributed by atoms with E-state index in [2.05, 4.69) is 23.3 Å². The van der Waals surface area contributed by atoms with Gasteiger partial charge in [-0.3, -0.25) is 9.36 Å². The Morgan fingerprint density at radius 1 is 1.19 bits per heavy atom. The summed E-state index contributed by atoms with van der Waals surface area (Å²) >= 11 is 1.39. The summed E-state index contributed by atoms with van der Waals surface area (Å²) in [6.45, 7) is 2.46. The monoisotopic (exact) mass is 377 g/mol. The Balaban J connectivity index is 1.71. The van der Waals surface area contributed by atoms with Crippen molar-refractivity contribution in [3.8, 4) is 10.8 Å². The molecule has 0 aliphatic rings. The van der Waals surface area contributed by atoms with Crippen LogP contribution in [0.3, 0.4) is 0 Å². The number of imidazole rings is 1. The fraction of sp³-hybridized carbons (Fsp3) is 0.143. The van der Waals surface area contributed by atoms with Crippen molar-refractivity contribution < 1.29 is 9.53 Å².